The maximum Gasteiger partial charge on any atom is 0.490 e. The molecular formula is C18H27F3N4O5S. The number of sulfone groups is 1. The van der Waals surface area contributed by atoms with E-state index in [0.717, 1.165) is 31.6 Å². The van der Waals surface area contributed by atoms with E-state index in [0.29, 0.717) is 26.1 Å². The fourth-order valence-corrected chi connectivity index (χ4v) is 4.32. The van der Waals surface area contributed by atoms with Gasteiger partial charge >= 0.3 is 12.1 Å². The Hall–Kier alpha value is -2.15. The Morgan fingerprint density at radius 2 is 1.87 bits per heavy atom. The monoisotopic (exact) mass is 468 g/mol. The predicted molar refractivity (Wildman–Crippen MR) is 105 cm³/mol. The van der Waals surface area contributed by atoms with Gasteiger partial charge in [-0.2, -0.15) is 18.3 Å². The number of nitrogens with zero attached hydrogens (tertiary/aromatic N) is 4. The summed E-state index contributed by atoms with van der Waals surface area (Å²) in [7, 11) is -2.98. The third kappa shape index (κ3) is 7.49. The maximum atomic E-state index is 12.5. The Bertz CT molecular complexity index is 866. The van der Waals surface area contributed by atoms with Crippen molar-refractivity contribution in [2.45, 2.75) is 44.9 Å². The highest BCUT2D eigenvalue weighted by Crippen LogP contribution is 2.24. The van der Waals surface area contributed by atoms with E-state index in [1.165, 1.54) is 0 Å². The summed E-state index contributed by atoms with van der Waals surface area (Å²) in [6.45, 7) is 5.26. The van der Waals surface area contributed by atoms with Crippen LogP contribution in [-0.4, -0.2) is 88.8 Å². The Morgan fingerprint density at radius 3 is 2.42 bits per heavy atom. The fraction of sp³-hybridized carbons (Fsp3) is 0.722. The lowest BCUT2D eigenvalue weighted by Crippen LogP contribution is -2.42. The van der Waals surface area contributed by atoms with Crippen LogP contribution in [0.5, 0.6) is 0 Å². The summed E-state index contributed by atoms with van der Waals surface area (Å²) in [5.41, 5.74) is 1.05. The SMILES string of the molecule is CCS(=O)(=O)CCN1Cc2ccnn2C(CC(=O)N2CCCC2)C1.O=C(O)C(F)(F)F. The van der Waals surface area contributed by atoms with Gasteiger partial charge in [0.2, 0.25) is 5.91 Å². The number of alkyl halides is 3. The summed E-state index contributed by atoms with van der Waals surface area (Å²) in [6, 6.07) is 1.94. The molecule has 1 fully saturated rings. The van der Waals surface area contributed by atoms with E-state index in [1.54, 1.807) is 13.1 Å². The molecule has 0 saturated carbocycles. The number of carbonyl (C=O) groups is 2. The number of hydrogen-bond acceptors (Lipinski definition) is 6. The van der Waals surface area contributed by atoms with E-state index in [-0.39, 0.29) is 23.5 Å². The van der Waals surface area contributed by atoms with Crippen molar-refractivity contribution in [3.8, 4) is 0 Å². The molecular weight excluding hydrogens is 441 g/mol. The van der Waals surface area contributed by atoms with Gasteiger partial charge < -0.3 is 10.0 Å². The number of likely N-dealkylation sites (tertiary alicyclic amines) is 1. The molecule has 31 heavy (non-hydrogen) atoms. The highest BCUT2D eigenvalue weighted by molar-refractivity contribution is 7.91. The molecule has 0 aliphatic carbocycles. The summed E-state index contributed by atoms with van der Waals surface area (Å²) in [4.78, 5) is 25.4. The number of aromatic nitrogens is 2. The van der Waals surface area contributed by atoms with Crippen molar-refractivity contribution >= 4 is 21.7 Å². The Kier molecular flexibility index (Phi) is 8.46. The van der Waals surface area contributed by atoms with Gasteiger partial charge in [-0.05, 0) is 18.9 Å². The van der Waals surface area contributed by atoms with Crippen LogP contribution in [0, 0.1) is 0 Å². The zero-order chi connectivity index (χ0) is 23.2. The van der Waals surface area contributed by atoms with E-state index in [9.17, 15) is 26.4 Å². The minimum Gasteiger partial charge on any atom is -0.475 e. The molecule has 1 aromatic rings. The molecule has 1 N–H and O–H groups in total. The van der Waals surface area contributed by atoms with Crippen molar-refractivity contribution in [2.75, 3.05) is 37.7 Å². The summed E-state index contributed by atoms with van der Waals surface area (Å²) < 4.78 is 57.2. The molecule has 1 aromatic heterocycles. The molecule has 2 aliphatic heterocycles. The molecule has 0 aromatic carbocycles. The molecule has 1 atom stereocenters. The average molecular weight is 468 g/mol. The van der Waals surface area contributed by atoms with Crippen molar-refractivity contribution in [2.24, 2.45) is 0 Å². The van der Waals surface area contributed by atoms with Gasteiger partial charge in [0.05, 0.1) is 23.9 Å². The first-order valence-corrected chi connectivity index (χ1v) is 11.8. The standard InChI is InChI=1S/C16H26N4O3S.C2HF3O2/c1-2-24(22,23)10-9-18-12-14-5-6-17-20(14)15(13-18)11-16(21)19-7-3-4-8-19;3-2(4,5)1(6)7/h5-6,15H,2-4,7-13H2,1H3;(H,6,7). The van der Waals surface area contributed by atoms with Crippen molar-refractivity contribution in [3.63, 3.8) is 0 Å². The van der Waals surface area contributed by atoms with E-state index < -0.39 is 22.0 Å². The van der Waals surface area contributed by atoms with Crippen LogP contribution in [0.25, 0.3) is 0 Å². The van der Waals surface area contributed by atoms with Crippen LogP contribution < -0.4 is 0 Å². The number of halogens is 3. The third-order valence-corrected chi connectivity index (χ3v) is 6.91. The summed E-state index contributed by atoms with van der Waals surface area (Å²) in [5, 5.41) is 11.5. The number of hydrogen-bond donors (Lipinski definition) is 1. The molecule has 0 bridgehead atoms. The highest BCUT2D eigenvalue weighted by atomic mass is 32.2. The maximum absolute atomic E-state index is 12.5. The van der Waals surface area contributed by atoms with Crippen LogP contribution in [0.4, 0.5) is 13.2 Å². The van der Waals surface area contributed by atoms with Gasteiger partial charge in [-0.25, -0.2) is 13.2 Å². The first-order valence-electron chi connectivity index (χ1n) is 9.96. The molecule has 13 heteroatoms. The van der Waals surface area contributed by atoms with Crippen molar-refractivity contribution in [1.82, 2.24) is 19.6 Å². The van der Waals surface area contributed by atoms with Crippen molar-refractivity contribution in [1.29, 1.82) is 0 Å². The molecule has 2 aliphatic rings. The Balaban J connectivity index is 0.000000423. The number of aliphatic carboxylic acids is 1. The second-order valence-corrected chi connectivity index (χ2v) is 9.96. The lowest BCUT2D eigenvalue weighted by atomic mass is 10.1. The van der Waals surface area contributed by atoms with Crippen molar-refractivity contribution < 1.29 is 36.3 Å². The van der Waals surface area contributed by atoms with Gasteiger partial charge in [0, 0.05) is 44.7 Å². The number of carboxylic acid groups (broad SMARTS) is 1. The third-order valence-electron chi connectivity index (χ3n) is 5.22. The van der Waals surface area contributed by atoms with Gasteiger partial charge in [0.25, 0.3) is 0 Å². The number of carboxylic acids is 1. The average Bonchev–Trinajstić information content (AvgIpc) is 3.38. The molecule has 0 radical (unpaired) electrons. The molecule has 176 valence electrons. The fourth-order valence-electron chi connectivity index (χ4n) is 3.50. The van der Waals surface area contributed by atoms with Crippen LogP contribution in [0.15, 0.2) is 12.3 Å². The first kappa shape index (κ1) is 25.1. The minimum absolute atomic E-state index is 0.0128. The van der Waals surface area contributed by atoms with E-state index in [2.05, 4.69) is 10.00 Å². The molecule has 1 amide bonds. The summed E-state index contributed by atoms with van der Waals surface area (Å²) in [6.07, 6.45) is -0.713. The minimum atomic E-state index is -5.08. The van der Waals surface area contributed by atoms with Crippen LogP contribution in [0.1, 0.15) is 37.9 Å². The Morgan fingerprint density at radius 1 is 1.26 bits per heavy atom. The molecule has 9 nitrogen and oxygen atoms in total. The van der Waals surface area contributed by atoms with Crippen LogP contribution in [0.3, 0.4) is 0 Å². The number of amides is 1. The molecule has 1 saturated heterocycles. The van der Waals surface area contributed by atoms with Crippen LogP contribution in [-0.2, 0) is 26.0 Å². The first-order chi connectivity index (χ1) is 14.4. The molecule has 0 spiro atoms. The second-order valence-electron chi connectivity index (χ2n) is 7.49. The summed E-state index contributed by atoms with van der Waals surface area (Å²) >= 11 is 0. The van der Waals surface area contributed by atoms with Gasteiger partial charge in [0.1, 0.15) is 0 Å². The lowest BCUT2D eigenvalue weighted by Gasteiger charge is -2.34. The number of carbonyl (C=O) groups excluding carboxylic acids is 1. The van der Waals surface area contributed by atoms with Gasteiger partial charge in [-0.1, -0.05) is 6.92 Å². The quantitative estimate of drug-likeness (QED) is 0.670. The van der Waals surface area contributed by atoms with Crippen LogP contribution in [0.2, 0.25) is 0 Å². The Labute approximate surface area is 178 Å². The van der Waals surface area contributed by atoms with E-state index in [1.807, 2.05) is 15.6 Å². The normalized spacial score (nSPS) is 19.5. The molecule has 3 heterocycles. The van der Waals surface area contributed by atoms with Gasteiger partial charge in [0.15, 0.2) is 9.84 Å². The molecule has 3 rings (SSSR count). The largest absolute Gasteiger partial charge is 0.490 e. The summed E-state index contributed by atoms with van der Waals surface area (Å²) in [5.74, 6) is -2.23. The van der Waals surface area contributed by atoms with Gasteiger partial charge in [-0.15, -0.1) is 0 Å². The van der Waals surface area contributed by atoms with E-state index >= 15 is 0 Å². The smallest absolute Gasteiger partial charge is 0.475 e. The molecule has 1 unspecified atom stereocenters. The van der Waals surface area contributed by atoms with Crippen LogP contribution >= 0.6 is 0 Å². The zero-order valence-corrected chi connectivity index (χ0v) is 18.0. The van der Waals surface area contributed by atoms with E-state index in [4.69, 9.17) is 9.90 Å². The highest BCUT2D eigenvalue weighted by Gasteiger charge is 2.38. The topological polar surface area (TPSA) is 113 Å². The van der Waals surface area contributed by atoms with Gasteiger partial charge in [-0.3, -0.25) is 14.4 Å². The van der Waals surface area contributed by atoms with Crippen molar-refractivity contribution in [3.05, 3.63) is 18.0 Å². The number of fused-ring (bicyclic) bond motifs is 1. The number of rotatable bonds is 6. The second kappa shape index (κ2) is 10.4. The predicted octanol–water partition coefficient (Wildman–Crippen LogP) is 1.32. The zero-order valence-electron chi connectivity index (χ0n) is 17.2. The lowest BCUT2D eigenvalue weighted by molar-refractivity contribution is -0.192.